The lowest BCUT2D eigenvalue weighted by atomic mass is 9.98. The van der Waals surface area contributed by atoms with Crippen LogP contribution in [-0.4, -0.2) is 43.7 Å². The van der Waals surface area contributed by atoms with Gasteiger partial charge in [-0.05, 0) is 88.3 Å². The van der Waals surface area contributed by atoms with Gasteiger partial charge in [0.25, 0.3) is 0 Å². The molecule has 2 fully saturated rings. The van der Waals surface area contributed by atoms with Crippen molar-refractivity contribution in [3.8, 4) is 0 Å². The molecule has 7 nitrogen and oxygen atoms in total. The summed E-state index contributed by atoms with van der Waals surface area (Å²) >= 11 is 0. The topological polar surface area (TPSA) is 86.8 Å². The molecule has 2 aliphatic heterocycles. The molecular formula is C27H33N3O4S. The summed E-state index contributed by atoms with van der Waals surface area (Å²) in [5.74, 6) is -0.276. The molecule has 0 aromatic heterocycles. The van der Waals surface area contributed by atoms with E-state index in [9.17, 15) is 18.0 Å². The highest BCUT2D eigenvalue weighted by Gasteiger charge is 2.40. The number of hydrogen-bond acceptors (Lipinski definition) is 4. The van der Waals surface area contributed by atoms with Crippen LogP contribution in [0.3, 0.4) is 0 Å². The van der Waals surface area contributed by atoms with Gasteiger partial charge < -0.3 is 10.2 Å². The van der Waals surface area contributed by atoms with Crippen molar-refractivity contribution in [2.24, 2.45) is 11.8 Å². The second-order valence-corrected chi connectivity index (χ2v) is 12.3. The van der Waals surface area contributed by atoms with Crippen molar-refractivity contribution in [1.82, 2.24) is 4.31 Å². The fourth-order valence-electron chi connectivity index (χ4n) is 5.34. The van der Waals surface area contributed by atoms with Crippen molar-refractivity contribution in [3.63, 3.8) is 0 Å². The summed E-state index contributed by atoms with van der Waals surface area (Å²) in [6.07, 6.45) is 3.82. The van der Waals surface area contributed by atoms with Gasteiger partial charge in [0.15, 0.2) is 0 Å². The van der Waals surface area contributed by atoms with Crippen LogP contribution in [0.2, 0.25) is 0 Å². The van der Waals surface area contributed by atoms with E-state index in [1.54, 1.807) is 18.2 Å². The minimum Gasteiger partial charge on any atom is -0.326 e. The van der Waals surface area contributed by atoms with E-state index >= 15 is 0 Å². The summed E-state index contributed by atoms with van der Waals surface area (Å²) in [5, 5.41) is 2.99. The Hall–Kier alpha value is -2.71. The van der Waals surface area contributed by atoms with Crippen LogP contribution in [0.1, 0.15) is 49.3 Å². The number of rotatable bonds is 5. The van der Waals surface area contributed by atoms with Gasteiger partial charge in [0.05, 0.1) is 10.8 Å². The average molecular weight is 496 g/mol. The summed E-state index contributed by atoms with van der Waals surface area (Å²) in [4.78, 5) is 27.8. The molecule has 1 N–H and O–H groups in total. The van der Waals surface area contributed by atoms with Crippen molar-refractivity contribution in [1.29, 1.82) is 0 Å². The molecule has 1 saturated heterocycles. The second kappa shape index (κ2) is 9.06. The van der Waals surface area contributed by atoms with E-state index in [-0.39, 0.29) is 35.2 Å². The van der Waals surface area contributed by atoms with Crippen LogP contribution < -0.4 is 10.2 Å². The third kappa shape index (κ3) is 4.61. The number of hydrogen-bond donors (Lipinski definition) is 1. The molecule has 1 aliphatic carbocycles. The van der Waals surface area contributed by atoms with E-state index in [0.29, 0.717) is 25.8 Å². The van der Waals surface area contributed by atoms with Gasteiger partial charge in [0, 0.05) is 36.4 Å². The van der Waals surface area contributed by atoms with E-state index in [1.165, 1.54) is 4.31 Å². The largest absolute Gasteiger partial charge is 0.326 e. The van der Waals surface area contributed by atoms with Crippen LogP contribution in [0, 0.1) is 25.7 Å². The predicted octanol–water partition coefficient (Wildman–Crippen LogP) is 4.03. The minimum atomic E-state index is -3.75. The Morgan fingerprint density at radius 1 is 1.00 bits per heavy atom. The zero-order valence-corrected chi connectivity index (χ0v) is 21.4. The third-order valence-corrected chi connectivity index (χ3v) is 9.32. The summed E-state index contributed by atoms with van der Waals surface area (Å²) in [6.45, 7) is 6.53. The maximum atomic E-state index is 13.5. The van der Waals surface area contributed by atoms with Gasteiger partial charge in [0.1, 0.15) is 0 Å². The molecule has 0 unspecified atom stereocenters. The van der Waals surface area contributed by atoms with E-state index in [0.717, 1.165) is 40.9 Å². The van der Waals surface area contributed by atoms with Crippen molar-refractivity contribution >= 4 is 33.2 Å². The second-order valence-electron chi connectivity index (χ2n) is 10.3. The van der Waals surface area contributed by atoms with Crippen LogP contribution in [0.5, 0.6) is 0 Å². The SMILES string of the molecule is Cc1ccc(NC(=O)[C@H]2CCCN(S(=O)(=O)c3ccc4c(c3)C[C@H](C)N4C(=O)C3CC3)C2)c(C)c1. The number of piperidine rings is 1. The Morgan fingerprint density at radius 3 is 2.49 bits per heavy atom. The first kappa shape index (κ1) is 24.0. The molecular weight excluding hydrogens is 462 g/mol. The molecule has 0 bridgehead atoms. The van der Waals surface area contributed by atoms with Crippen LogP contribution in [0.4, 0.5) is 11.4 Å². The van der Waals surface area contributed by atoms with Gasteiger partial charge in [-0.25, -0.2) is 8.42 Å². The van der Waals surface area contributed by atoms with Gasteiger partial charge in [-0.3, -0.25) is 9.59 Å². The lowest BCUT2D eigenvalue weighted by Crippen LogP contribution is -2.43. The number of fused-ring (bicyclic) bond motifs is 1. The van der Waals surface area contributed by atoms with Crippen LogP contribution in [-0.2, 0) is 26.0 Å². The lowest BCUT2D eigenvalue weighted by Gasteiger charge is -2.31. The third-order valence-electron chi connectivity index (χ3n) is 7.46. The van der Waals surface area contributed by atoms with Gasteiger partial charge in [0.2, 0.25) is 21.8 Å². The molecule has 8 heteroatoms. The highest BCUT2D eigenvalue weighted by Crippen LogP contribution is 2.40. The number of benzene rings is 2. The number of sulfonamides is 1. The number of carbonyl (C=O) groups is 2. The molecule has 0 radical (unpaired) electrons. The van der Waals surface area contributed by atoms with Gasteiger partial charge in [-0.15, -0.1) is 0 Å². The van der Waals surface area contributed by atoms with Gasteiger partial charge >= 0.3 is 0 Å². The fourth-order valence-corrected chi connectivity index (χ4v) is 6.92. The Kier molecular flexibility index (Phi) is 6.21. The van der Waals surface area contributed by atoms with E-state index < -0.39 is 15.9 Å². The first-order chi connectivity index (χ1) is 16.6. The predicted molar refractivity (Wildman–Crippen MR) is 136 cm³/mol. The van der Waals surface area contributed by atoms with Crippen molar-refractivity contribution < 1.29 is 18.0 Å². The standard InChI is InChI=1S/C27H33N3O4S/c1-17-6-10-24(18(2)13-17)28-26(31)21-5-4-12-29(16-21)35(33,34)23-9-11-25-22(15-23)14-19(3)30(25)27(32)20-7-8-20/h6,9-11,13,15,19-21H,4-5,7-8,12,14,16H2,1-3H3,(H,28,31)/t19-,21-/m0/s1. The number of aryl methyl sites for hydroxylation is 2. The van der Waals surface area contributed by atoms with Crippen LogP contribution in [0.15, 0.2) is 41.3 Å². The first-order valence-electron chi connectivity index (χ1n) is 12.5. The number of amides is 2. The number of nitrogens with one attached hydrogen (secondary N) is 1. The molecule has 3 aliphatic rings. The van der Waals surface area contributed by atoms with Gasteiger partial charge in [-0.1, -0.05) is 17.7 Å². The van der Waals surface area contributed by atoms with Crippen molar-refractivity contribution in [2.75, 3.05) is 23.3 Å². The quantitative estimate of drug-likeness (QED) is 0.679. The van der Waals surface area contributed by atoms with E-state index in [4.69, 9.17) is 0 Å². The number of nitrogens with zero attached hydrogens (tertiary/aromatic N) is 2. The van der Waals surface area contributed by atoms with E-state index in [2.05, 4.69) is 5.32 Å². The molecule has 2 aromatic rings. The van der Waals surface area contributed by atoms with Gasteiger partial charge in [-0.2, -0.15) is 4.31 Å². The molecule has 0 spiro atoms. The van der Waals surface area contributed by atoms with Crippen molar-refractivity contribution in [2.45, 2.75) is 63.8 Å². The molecule has 35 heavy (non-hydrogen) atoms. The van der Waals surface area contributed by atoms with E-state index in [1.807, 2.05) is 43.9 Å². The number of anilines is 2. The summed E-state index contributed by atoms with van der Waals surface area (Å²) < 4.78 is 28.5. The Balaban J connectivity index is 1.32. The van der Waals surface area contributed by atoms with Crippen LogP contribution in [0.25, 0.3) is 0 Å². The highest BCUT2D eigenvalue weighted by atomic mass is 32.2. The zero-order chi connectivity index (χ0) is 24.9. The molecule has 2 heterocycles. The lowest BCUT2D eigenvalue weighted by molar-refractivity contribution is -0.121. The maximum absolute atomic E-state index is 13.5. The Morgan fingerprint density at radius 2 is 1.77 bits per heavy atom. The Labute approximate surface area is 207 Å². The molecule has 1 saturated carbocycles. The molecule has 2 amide bonds. The van der Waals surface area contributed by atoms with Crippen molar-refractivity contribution in [3.05, 3.63) is 53.1 Å². The molecule has 2 atom stereocenters. The first-order valence-corrected chi connectivity index (χ1v) is 13.9. The monoisotopic (exact) mass is 495 g/mol. The molecule has 2 aromatic carbocycles. The Bertz CT molecular complexity index is 1290. The number of carbonyl (C=O) groups excluding carboxylic acids is 2. The highest BCUT2D eigenvalue weighted by molar-refractivity contribution is 7.89. The molecule has 186 valence electrons. The maximum Gasteiger partial charge on any atom is 0.243 e. The summed E-state index contributed by atoms with van der Waals surface area (Å²) in [7, 11) is -3.75. The zero-order valence-electron chi connectivity index (χ0n) is 20.6. The summed E-state index contributed by atoms with van der Waals surface area (Å²) in [5.41, 5.74) is 4.60. The normalized spacial score (nSPS) is 22.7. The average Bonchev–Trinajstić information content (AvgIpc) is 3.62. The molecule has 5 rings (SSSR count). The fraction of sp³-hybridized carbons (Fsp3) is 0.481. The minimum absolute atomic E-state index is 0.0318. The summed E-state index contributed by atoms with van der Waals surface area (Å²) in [6, 6.07) is 11.0. The smallest absolute Gasteiger partial charge is 0.243 e. The van der Waals surface area contributed by atoms with Crippen LogP contribution >= 0.6 is 0 Å².